The molecule has 0 amide bonds. The number of aliphatic carboxylic acids is 1. The third kappa shape index (κ3) is 6.11. The molecule has 0 bridgehead atoms. The first-order valence-corrected chi connectivity index (χ1v) is 16.2. The van der Waals surface area contributed by atoms with Crippen molar-refractivity contribution >= 4 is 24.1 Å². The van der Waals surface area contributed by atoms with Crippen LogP contribution in [-0.4, -0.2) is 61.9 Å². The minimum absolute atomic E-state index is 0.00238. The van der Waals surface area contributed by atoms with Crippen LogP contribution in [0.2, 0.25) is 0 Å². The van der Waals surface area contributed by atoms with Crippen molar-refractivity contribution in [2.24, 2.45) is 11.8 Å². The second kappa shape index (κ2) is 11.9. The number of Topliss-reactive ketones (excluding diaryl/α,β-unsaturated/α-hetero) is 1. The summed E-state index contributed by atoms with van der Waals surface area (Å²) in [6.45, 7) is 14.5. The average molecular weight is 647 g/mol. The van der Waals surface area contributed by atoms with Crippen LogP contribution in [0.5, 0.6) is 17.2 Å². The maximum atomic E-state index is 14.7. The van der Waals surface area contributed by atoms with Gasteiger partial charge in [0.25, 0.3) is 0 Å². The summed E-state index contributed by atoms with van der Waals surface area (Å²) in [6.07, 6.45) is 13.7. The molecule has 252 valence electrons. The highest BCUT2D eigenvalue weighted by Gasteiger charge is 2.68. The first kappa shape index (κ1) is 34.4. The molecule has 3 heterocycles. The van der Waals surface area contributed by atoms with Gasteiger partial charge >= 0.3 is 5.97 Å². The first-order valence-electron chi connectivity index (χ1n) is 16.2. The number of phenols is 1. The Morgan fingerprint density at radius 2 is 1.81 bits per heavy atom. The highest BCUT2D eigenvalue weighted by Crippen LogP contribution is 2.61. The molecule has 9 heteroatoms. The number of carboxylic acids is 1. The van der Waals surface area contributed by atoms with Crippen molar-refractivity contribution in [2.45, 2.75) is 110 Å². The van der Waals surface area contributed by atoms with Gasteiger partial charge in [0.1, 0.15) is 40.8 Å². The maximum absolute atomic E-state index is 14.7. The highest BCUT2D eigenvalue weighted by atomic mass is 16.6. The molecule has 5 atom stereocenters. The smallest absolute Gasteiger partial charge is 0.330 e. The first-order chi connectivity index (χ1) is 21.8. The van der Waals surface area contributed by atoms with Crippen molar-refractivity contribution in [1.29, 1.82) is 0 Å². The lowest BCUT2D eigenvalue weighted by atomic mass is 9.62. The quantitative estimate of drug-likeness (QED) is 0.157. The van der Waals surface area contributed by atoms with Gasteiger partial charge in [-0.05, 0) is 86.8 Å². The standard InChI is InChI=1S/C38H46O9/c1-21(2)10-12-25-32-24(14-17-37(8,46-32)16-9-15-35(4,5)44)30(40)29-31(41)26-18-23(20-39)19-27-36(6,7)45-28(13-11-22(3)34(42)43)38(26,27)47-33(25)29/h9-11,14-15,17-18,20,23,27-28,40,44H,12-13,16,19H2,1-8H3,(H,42,43)/b15-9+,22-11-/t23-,27?,28+,37-,38-/m1/s1. The van der Waals surface area contributed by atoms with Crippen LogP contribution >= 0.6 is 0 Å². The van der Waals surface area contributed by atoms with E-state index >= 15 is 0 Å². The van der Waals surface area contributed by atoms with E-state index < -0.39 is 52.1 Å². The number of fused-ring (bicyclic) bond motifs is 2. The monoisotopic (exact) mass is 646 g/mol. The van der Waals surface area contributed by atoms with E-state index in [2.05, 4.69) is 0 Å². The highest BCUT2D eigenvalue weighted by molar-refractivity contribution is 6.16. The van der Waals surface area contributed by atoms with E-state index in [4.69, 9.17) is 14.2 Å². The van der Waals surface area contributed by atoms with E-state index in [1.165, 1.54) is 6.92 Å². The van der Waals surface area contributed by atoms with Gasteiger partial charge in [-0.3, -0.25) is 4.79 Å². The van der Waals surface area contributed by atoms with Gasteiger partial charge in [0.15, 0.2) is 11.4 Å². The SMILES string of the molecule is CC(C)=CCc1c2c(c(O)c3c1O[C@]14C(=C[C@@H](C=O)CC1C(C)(C)O[C@H]4C/C=C(/C)C(=O)O)C3=O)C=C[C@@](C)(C/C=C/C(C)(C)O)O2. The van der Waals surface area contributed by atoms with E-state index in [1.54, 1.807) is 38.2 Å². The fraction of sp³-hybridized carbons (Fsp3) is 0.500. The molecule has 1 saturated heterocycles. The number of aromatic hydroxyl groups is 1. The third-order valence-electron chi connectivity index (χ3n) is 9.70. The van der Waals surface area contributed by atoms with Gasteiger partial charge in [-0.25, -0.2) is 4.79 Å². The summed E-state index contributed by atoms with van der Waals surface area (Å²) >= 11 is 0. The zero-order valence-corrected chi connectivity index (χ0v) is 28.5. The molecule has 1 aromatic carbocycles. The molecule has 5 rings (SSSR count). The Hall–Kier alpha value is -3.95. The van der Waals surface area contributed by atoms with Gasteiger partial charge in [0.05, 0.1) is 16.8 Å². The molecule has 47 heavy (non-hydrogen) atoms. The predicted molar refractivity (Wildman–Crippen MR) is 178 cm³/mol. The number of carboxylic acid groups (broad SMARTS) is 1. The normalized spacial score (nSPS) is 29.1. The lowest BCUT2D eigenvalue weighted by Crippen LogP contribution is -2.58. The van der Waals surface area contributed by atoms with Crippen molar-refractivity contribution in [3.63, 3.8) is 0 Å². The number of ether oxygens (including phenoxy) is 3. The zero-order chi connectivity index (χ0) is 34.7. The number of hydrogen-bond acceptors (Lipinski definition) is 8. The van der Waals surface area contributed by atoms with Crippen LogP contribution in [0.1, 0.15) is 96.1 Å². The average Bonchev–Trinajstić information content (AvgIpc) is 3.19. The van der Waals surface area contributed by atoms with Crippen LogP contribution in [-0.2, 0) is 20.7 Å². The van der Waals surface area contributed by atoms with Crippen LogP contribution < -0.4 is 9.47 Å². The second-order valence-electron chi connectivity index (χ2n) is 14.8. The van der Waals surface area contributed by atoms with Gasteiger partial charge in [-0.15, -0.1) is 0 Å². The lowest BCUT2D eigenvalue weighted by molar-refractivity contribution is -0.132. The Bertz CT molecular complexity index is 1660. The van der Waals surface area contributed by atoms with Crippen molar-refractivity contribution in [3.05, 3.63) is 69.9 Å². The number of carbonyl (C=O) groups excluding carboxylic acids is 2. The third-order valence-corrected chi connectivity index (χ3v) is 9.70. The molecular formula is C38H46O9. The number of hydrogen-bond donors (Lipinski definition) is 3. The van der Waals surface area contributed by atoms with E-state index in [9.17, 15) is 29.7 Å². The van der Waals surface area contributed by atoms with Crippen molar-refractivity contribution in [1.82, 2.24) is 0 Å². The Kier molecular flexibility index (Phi) is 8.73. The van der Waals surface area contributed by atoms with Gasteiger partial charge in [0, 0.05) is 35.0 Å². The second-order valence-corrected chi connectivity index (χ2v) is 14.8. The predicted octanol–water partition coefficient (Wildman–Crippen LogP) is 6.46. The number of ketones is 1. The molecule has 1 fully saturated rings. The van der Waals surface area contributed by atoms with E-state index in [1.807, 2.05) is 52.8 Å². The van der Waals surface area contributed by atoms with Crippen molar-refractivity contribution < 1.29 is 43.9 Å². The molecule has 1 spiro atoms. The molecule has 0 radical (unpaired) electrons. The summed E-state index contributed by atoms with van der Waals surface area (Å²) in [4.78, 5) is 38.6. The van der Waals surface area contributed by atoms with Crippen molar-refractivity contribution in [2.75, 3.05) is 0 Å². The van der Waals surface area contributed by atoms with Crippen LogP contribution in [0.4, 0.5) is 0 Å². The Morgan fingerprint density at radius 3 is 2.43 bits per heavy atom. The minimum atomic E-state index is -1.36. The van der Waals surface area contributed by atoms with Crippen LogP contribution in [0, 0.1) is 11.8 Å². The van der Waals surface area contributed by atoms with Crippen LogP contribution in [0.15, 0.2) is 53.2 Å². The number of benzene rings is 1. The van der Waals surface area contributed by atoms with Crippen LogP contribution in [0.3, 0.4) is 0 Å². The van der Waals surface area contributed by atoms with Crippen LogP contribution in [0.25, 0.3) is 6.08 Å². The molecule has 1 aliphatic carbocycles. The number of phenolic OH excluding ortho intramolecular Hbond substituents is 1. The molecule has 0 aromatic heterocycles. The number of aliphatic hydroxyl groups is 1. The van der Waals surface area contributed by atoms with E-state index in [0.717, 1.165) is 11.9 Å². The number of rotatable bonds is 9. The largest absolute Gasteiger partial charge is 0.506 e. The topological polar surface area (TPSA) is 140 Å². The number of aldehydes is 1. The Balaban J connectivity index is 1.74. The number of carbonyl (C=O) groups is 3. The lowest BCUT2D eigenvalue weighted by Gasteiger charge is -2.48. The summed E-state index contributed by atoms with van der Waals surface area (Å²) in [5, 5.41) is 31.5. The fourth-order valence-electron chi connectivity index (χ4n) is 7.29. The Morgan fingerprint density at radius 1 is 1.11 bits per heavy atom. The minimum Gasteiger partial charge on any atom is -0.506 e. The molecule has 1 aromatic rings. The molecule has 1 unspecified atom stereocenters. The summed E-state index contributed by atoms with van der Waals surface area (Å²) < 4.78 is 20.4. The fourth-order valence-corrected chi connectivity index (χ4v) is 7.29. The molecule has 9 nitrogen and oxygen atoms in total. The maximum Gasteiger partial charge on any atom is 0.330 e. The molecular weight excluding hydrogens is 600 g/mol. The van der Waals surface area contributed by atoms with Gasteiger partial charge in [-0.1, -0.05) is 36.0 Å². The summed E-state index contributed by atoms with van der Waals surface area (Å²) in [7, 11) is 0. The summed E-state index contributed by atoms with van der Waals surface area (Å²) in [5.74, 6) is -2.21. The zero-order valence-electron chi connectivity index (χ0n) is 28.5. The van der Waals surface area contributed by atoms with E-state index in [0.29, 0.717) is 36.1 Å². The molecule has 4 aliphatic rings. The summed E-state index contributed by atoms with van der Waals surface area (Å²) in [6, 6.07) is 0. The molecule has 3 N–H and O–H groups in total. The molecule has 3 aliphatic heterocycles. The van der Waals surface area contributed by atoms with Gasteiger partial charge < -0.3 is 34.3 Å². The Labute approximate surface area is 276 Å². The summed E-state index contributed by atoms with van der Waals surface area (Å²) in [5.41, 5.74) is -1.66. The molecule has 0 saturated carbocycles. The van der Waals surface area contributed by atoms with Crippen molar-refractivity contribution in [3.8, 4) is 17.2 Å². The van der Waals surface area contributed by atoms with Gasteiger partial charge in [-0.2, -0.15) is 0 Å². The van der Waals surface area contributed by atoms with E-state index in [-0.39, 0.29) is 34.6 Å². The number of allylic oxidation sites excluding steroid dienone is 3. The van der Waals surface area contributed by atoms with Gasteiger partial charge in [0.2, 0.25) is 0 Å².